The predicted octanol–water partition coefficient (Wildman–Crippen LogP) is 0.251. The van der Waals surface area contributed by atoms with Crippen LogP contribution in [0.3, 0.4) is 0 Å². The van der Waals surface area contributed by atoms with Gasteiger partial charge in [-0.2, -0.15) is 9.40 Å². The lowest BCUT2D eigenvalue weighted by molar-refractivity contribution is 0.162. The molecule has 2 fully saturated rings. The quantitative estimate of drug-likeness (QED) is 0.865. The van der Waals surface area contributed by atoms with Crippen LogP contribution in [0.1, 0.15) is 25.7 Å². The van der Waals surface area contributed by atoms with Crippen molar-refractivity contribution in [2.45, 2.75) is 36.6 Å². The summed E-state index contributed by atoms with van der Waals surface area (Å²) in [7, 11) is -1.86. The van der Waals surface area contributed by atoms with Crippen molar-refractivity contribution >= 4 is 15.8 Å². The maximum atomic E-state index is 12.8. The predicted molar refractivity (Wildman–Crippen MR) is 80.2 cm³/mol. The van der Waals surface area contributed by atoms with Crippen molar-refractivity contribution in [3.63, 3.8) is 0 Å². The zero-order chi connectivity index (χ0) is 15.0. The number of nitrogens with two attached hydrogens (primary N) is 1. The summed E-state index contributed by atoms with van der Waals surface area (Å²) in [5.74, 6) is 0.0841. The summed E-state index contributed by atoms with van der Waals surface area (Å²) in [4.78, 5) is 2.56. The van der Waals surface area contributed by atoms with Gasteiger partial charge in [0.2, 0.25) is 10.0 Å². The smallest absolute Gasteiger partial charge is 0.248 e. The van der Waals surface area contributed by atoms with Crippen molar-refractivity contribution < 1.29 is 8.42 Å². The fraction of sp³-hybridized carbons (Fsp3) is 0.769. The van der Waals surface area contributed by atoms with Crippen LogP contribution in [0.25, 0.3) is 0 Å². The topological polar surface area (TPSA) is 84.5 Å². The summed E-state index contributed by atoms with van der Waals surface area (Å²) in [6.45, 7) is 3.32. The highest BCUT2D eigenvalue weighted by molar-refractivity contribution is 7.89. The molecule has 7 nitrogen and oxygen atoms in total. The highest BCUT2D eigenvalue weighted by Crippen LogP contribution is 2.27. The molecule has 0 radical (unpaired) electrons. The molecule has 0 aromatic carbocycles. The Kier molecular flexibility index (Phi) is 3.94. The van der Waals surface area contributed by atoms with Crippen LogP contribution in [-0.2, 0) is 17.1 Å². The van der Waals surface area contributed by atoms with Crippen LogP contribution in [0.5, 0.6) is 0 Å². The number of anilines is 1. The Labute approximate surface area is 125 Å². The van der Waals surface area contributed by atoms with Crippen LogP contribution >= 0.6 is 0 Å². The fourth-order valence-corrected chi connectivity index (χ4v) is 4.97. The lowest BCUT2D eigenvalue weighted by Gasteiger charge is -2.36. The van der Waals surface area contributed by atoms with E-state index < -0.39 is 10.0 Å². The molecule has 0 amide bonds. The molecule has 1 aromatic rings. The molecule has 21 heavy (non-hydrogen) atoms. The number of nitrogens with zero attached hydrogens (tertiary/aromatic N) is 4. The Bertz CT molecular complexity index is 606. The molecule has 2 N–H and O–H groups in total. The summed E-state index contributed by atoms with van der Waals surface area (Å²) in [5.41, 5.74) is 5.74. The Morgan fingerprint density at radius 2 is 1.95 bits per heavy atom. The van der Waals surface area contributed by atoms with Gasteiger partial charge in [0.25, 0.3) is 0 Å². The molecule has 0 aliphatic carbocycles. The summed E-state index contributed by atoms with van der Waals surface area (Å²) in [6.07, 6.45) is 5.91. The van der Waals surface area contributed by atoms with Crippen molar-refractivity contribution in [3.8, 4) is 0 Å². The molecular weight excluding hydrogens is 290 g/mol. The fourth-order valence-electron chi connectivity index (χ4n) is 3.37. The normalized spacial score (nSPS) is 25.5. The number of aryl methyl sites for hydroxylation is 1. The number of hydrogen-bond donors (Lipinski definition) is 1. The van der Waals surface area contributed by atoms with E-state index in [1.54, 1.807) is 11.4 Å². The number of hydrogen-bond acceptors (Lipinski definition) is 5. The first-order chi connectivity index (χ1) is 9.98. The van der Waals surface area contributed by atoms with Crippen molar-refractivity contribution in [2.75, 3.05) is 31.9 Å². The lowest BCUT2D eigenvalue weighted by Crippen LogP contribution is -2.48. The minimum absolute atomic E-state index is 0.0841. The SMILES string of the molecule is Cn1cc(S(=O)(=O)N2CCCC(N3CCCC3)C2)c(N)n1. The molecule has 118 valence electrons. The van der Waals surface area contributed by atoms with E-state index in [9.17, 15) is 8.42 Å². The van der Waals surface area contributed by atoms with Crippen molar-refractivity contribution in [1.29, 1.82) is 0 Å². The minimum atomic E-state index is -3.54. The number of likely N-dealkylation sites (tertiary alicyclic amines) is 1. The summed E-state index contributed by atoms with van der Waals surface area (Å²) < 4.78 is 28.5. The van der Waals surface area contributed by atoms with E-state index in [1.165, 1.54) is 23.7 Å². The van der Waals surface area contributed by atoms with Gasteiger partial charge in [0.05, 0.1) is 0 Å². The molecule has 0 spiro atoms. The van der Waals surface area contributed by atoms with Crippen LogP contribution in [0, 0.1) is 0 Å². The first kappa shape index (κ1) is 14.8. The first-order valence-electron chi connectivity index (χ1n) is 7.52. The van der Waals surface area contributed by atoms with Gasteiger partial charge in [-0.25, -0.2) is 8.42 Å². The van der Waals surface area contributed by atoms with E-state index in [1.807, 2.05) is 0 Å². The van der Waals surface area contributed by atoms with E-state index >= 15 is 0 Å². The second-order valence-corrected chi connectivity index (χ2v) is 7.86. The third-order valence-corrected chi connectivity index (χ3v) is 6.34. The maximum Gasteiger partial charge on any atom is 0.248 e. The molecule has 3 heterocycles. The maximum absolute atomic E-state index is 12.8. The zero-order valence-electron chi connectivity index (χ0n) is 12.4. The molecule has 1 aromatic heterocycles. The first-order valence-corrected chi connectivity index (χ1v) is 8.96. The molecule has 8 heteroatoms. The van der Waals surface area contributed by atoms with Crippen molar-refractivity contribution in [3.05, 3.63) is 6.20 Å². The van der Waals surface area contributed by atoms with Gasteiger partial charge < -0.3 is 5.73 Å². The van der Waals surface area contributed by atoms with Crippen LogP contribution in [0.2, 0.25) is 0 Å². The van der Waals surface area contributed by atoms with Gasteiger partial charge in [0, 0.05) is 32.4 Å². The van der Waals surface area contributed by atoms with Gasteiger partial charge in [-0.05, 0) is 38.8 Å². The molecule has 0 saturated carbocycles. The number of sulfonamides is 1. The van der Waals surface area contributed by atoms with Crippen molar-refractivity contribution in [2.24, 2.45) is 7.05 Å². The summed E-state index contributed by atoms with van der Waals surface area (Å²) >= 11 is 0. The molecule has 3 rings (SSSR count). The second-order valence-electron chi connectivity index (χ2n) is 5.95. The van der Waals surface area contributed by atoms with Crippen molar-refractivity contribution in [1.82, 2.24) is 19.0 Å². The van der Waals surface area contributed by atoms with Crippen LogP contribution < -0.4 is 5.73 Å². The average molecular weight is 313 g/mol. The Balaban J connectivity index is 1.80. The molecule has 1 unspecified atom stereocenters. The van der Waals surface area contributed by atoms with Crippen LogP contribution in [0.4, 0.5) is 5.82 Å². The third-order valence-electron chi connectivity index (χ3n) is 4.46. The van der Waals surface area contributed by atoms with Gasteiger partial charge in [-0.15, -0.1) is 0 Å². The summed E-state index contributed by atoms with van der Waals surface area (Å²) in [5, 5.41) is 3.95. The van der Waals surface area contributed by atoms with E-state index in [4.69, 9.17) is 5.73 Å². The summed E-state index contributed by atoms with van der Waals surface area (Å²) in [6, 6.07) is 0.342. The van der Waals surface area contributed by atoms with Gasteiger partial charge in [-0.3, -0.25) is 9.58 Å². The Morgan fingerprint density at radius 1 is 1.24 bits per heavy atom. The molecule has 2 aliphatic heterocycles. The standard InChI is InChI=1S/C13H23N5O2S/c1-16-10-12(13(14)15-16)21(19,20)18-8-4-5-11(9-18)17-6-2-3-7-17/h10-11H,2-9H2,1H3,(H2,14,15). The van der Waals surface area contributed by atoms with E-state index in [0.717, 1.165) is 25.9 Å². The number of piperidine rings is 1. The second kappa shape index (κ2) is 5.58. The molecule has 1 atom stereocenters. The largest absolute Gasteiger partial charge is 0.381 e. The van der Waals surface area contributed by atoms with E-state index in [2.05, 4.69) is 10.00 Å². The van der Waals surface area contributed by atoms with Crippen LogP contribution in [-0.4, -0.2) is 59.6 Å². The Hall–Kier alpha value is -1.12. The van der Waals surface area contributed by atoms with E-state index in [0.29, 0.717) is 19.1 Å². The zero-order valence-corrected chi connectivity index (χ0v) is 13.2. The number of nitrogen functional groups attached to an aromatic ring is 1. The number of aromatic nitrogens is 2. The van der Waals surface area contributed by atoms with E-state index in [-0.39, 0.29) is 10.7 Å². The molecular formula is C13H23N5O2S. The van der Waals surface area contributed by atoms with Gasteiger partial charge >= 0.3 is 0 Å². The van der Waals surface area contributed by atoms with Gasteiger partial charge in [0.1, 0.15) is 4.90 Å². The van der Waals surface area contributed by atoms with Crippen LogP contribution in [0.15, 0.2) is 11.1 Å². The Morgan fingerprint density at radius 3 is 2.57 bits per heavy atom. The molecule has 0 bridgehead atoms. The highest BCUT2D eigenvalue weighted by Gasteiger charge is 2.35. The minimum Gasteiger partial charge on any atom is -0.381 e. The number of rotatable bonds is 3. The average Bonchev–Trinajstić information content (AvgIpc) is 3.09. The molecule has 2 saturated heterocycles. The highest BCUT2D eigenvalue weighted by atomic mass is 32.2. The van der Waals surface area contributed by atoms with Gasteiger partial charge in [0.15, 0.2) is 5.82 Å². The molecule has 2 aliphatic rings. The van der Waals surface area contributed by atoms with Gasteiger partial charge in [-0.1, -0.05) is 0 Å². The lowest BCUT2D eigenvalue weighted by atomic mass is 10.1. The monoisotopic (exact) mass is 313 g/mol. The third kappa shape index (κ3) is 2.79.